The smallest absolute Gasteiger partial charge is 0.181 e. The lowest BCUT2D eigenvalue weighted by atomic mass is 10.1. The van der Waals surface area contributed by atoms with Gasteiger partial charge in [-0.05, 0) is 87.5 Å². The van der Waals surface area contributed by atoms with Crippen LogP contribution >= 0.6 is 0 Å². The van der Waals surface area contributed by atoms with E-state index < -0.39 is 8.07 Å². The Morgan fingerprint density at radius 2 is 0.855 bits per heavy atom. The standard InChI is InChI=1S/C50H32N4Si/c51-33-35-26-28-47-44(30-35)45-31-36(34-52)27-29-48(45)53(47)38-16-12-21-41(32-38)55(39-17-6-2-7-18-39,40-19-8-3-9-20-40)49-25-13-23-43-42-22-10-11-24-46(42)54(50(43)49)37-14-4-1-5-15-37/h1-32H. The largest absolute Gasteiger partial charge is 0.309 e. The lowest BCUT2D eigenvalue weighted by Crippen LogP contribution is -2.75. The molecule has 0 radical (unpaired) electrons. The van der Waals surface area contributed by atoms with Crippen LogP contribution in [0.25, 0.3) is 55.0 Å². The topological polar surface area (TPSA) is 57.4 Å². The number of nitrogens with zero attached hydrogens (tertiary/aromatic N) is 4. The van der Waals surface area contributed by atoms with Gasteiger partial charge in [0, 0.05) is 32.9 Å². The lowest BCUT2D eigenvalue weighted by Gasteiger charge is -2.35. The van der Waals surface area contributed by atoms with Crippen molar-refractivity contribution in [2.24, 2.45) is 0 Å². The summed E-state index contributed by atoms with van der Waals surface area (Å²) in [6.45, 7) is 0. The summed E-state index contributed by atoms with van der Waals surface area (Å²) in [5.74, 6) is 0. The Balaban J connectivity index is 1.36. The summed E-state index contributed by atoms with van der Waals surface area (Å²) in [5.41, 5.74) is 7.67. The van der Waals surface area contributed by atoms with Crippen molar-refractivity contribution < 1.29 is 0 Å². The van der Waals surface area contributed by atoms with Crippen LogP contribution in [0.3, 0.4) is 0 Å². The highest BCUT2D eigenvalue weighted by Gasteiger charge is 2.43. The Bertz CT molecular complexity index is 3050. The van der Waals surface area contributed by atoms with Gasteiger partial charge in [-0.3, -0.25) is 0 Å². The van der Waals surface area contributed by atoms with Crippen LogP contribution in [0.1, 0.15) is 11.1 Å². The highest BCUT2D eigenvalue weighted by molar-refractivity contribution is 7.20. The number of benzene rings is 8. The maximum Gasteiger partial charge on any atom is 0.181 e. The van der Waals surface area contributed by atoms with Crippen LogP contribution in [-0.2, 0) is 0 Å². The predicted octanol–water partition coefficient (Wildman–Crippen LogP) is 9.00. The highest BCUT2D eigenvalue weighted by atomic mass is 28.3. The number of hydrogen-bond donors (Lipinski definition) is 0. The van der Waals surface area contributed by atoms with Crippen LogP contribution in [0.5, 0.6) is 0 Å². The summed E-state index contributed by atoms with van der Waals surface area (Å²) in [6, 6.07) is 73.9. The van der Waals surface area contributed by atoms with Gasteiger partial charge in [0.15, 0.2) is 8.07 Å². The molecule has 55 heavy (non-hydrogen) atoms. The quantitative estimate of drug-likeness (QED) is 0.127. The molecule has 0 bridgehead atoms. The first kappa shape index (κ1) is 32.2. The van der Waals surface area contributed by atoms with Crippen LogP contribution in [0, 0.1) is 22.7 Å². The molecule has 0 aliphatic carbocycles. The Labute approximate surface area is 319 Å². The molecule has 0 N–H and O–H groups in total. The minimum atomic E-state index is -3.12. The van der Waals surface area contributed by atoms with Gasteiger partial charge in [0.05, 0.1) is 45.3 Å². The molecular weight excluding hydrogens is 685 g/mol. The fourth-order valence-corrected chi connectivity index (χ4v) is 13.8. The number of aromatic nitrogens is 2. The zero-order chi connectivity index (χ0) is 36.9. The van der Waals surface area contributed by atoms with Gasteiger partial charge in [0.2, 0.25) is 0 Å². The first-order valence-corrected chi connectivity index (χ1v) is 20.4. The SMILES string of the molecule is N#Cc1ccc2c(c1)c1cc(C#N)ccc1n2-c1cccc([Si](c2ccccc2)(c2ccccc2)c2cccc3c4ccccc4n(-c4ccccc4)c23)c1. The van der Waals surface area contributed by atoms with Crippen LogP contribution in [0.2, 0.25) is 0 Å². The summed E-state index contributed by atoms with van der Waals surface area (Å²) in [6.07, 6.45) is 0. The fraction of sp³-hybridized carbons (Fsp3) is 0. The van der Waals surface area contributed by atoms with Crippen molar-refractivity contribution in [3.8, 4) is 23.5 Å². The Hall–Kier alpha value is -7.44. The maximum absolute atomic E-state index is 9.85. The summed E-state index contributed by atoms with van der Waals surface area (Å²) in [7, 11) is -3.12. The van der Waals surface area contributed by atoms with Crippen LogP contribution in [0.4, 0.5) is 0 Å². The summed E-state index contributed by atoms with van der Waals surface area (Å²) >= 11 is 0. The van der Waals surface area contributed by atoms with Crippen molar-refractivity contribution in [1.82, 2.24) is 9.13 Å². The molecule has 0 saturated heterocycles. The fourth-order valence-electron chi connectivity index (χ4n) is 8.83. The molecule has 2 aromatic heterocycles. The molecule has 0 fully saturated rings. The van der Waals surface area contributed by atoms with Crippen LogP contribution < -0.4 is 20.7 Å². The van der Waals surface area contributed by atoms with E-state index >= 15 is 0 Å². The lowest BCUT2D eigenvalue weighted by molar-refractivity contribution is 1.18. The van der Waals surface area contributed by atoms with Crippen molar-refractivity contribution in [2.75, 3.05) is 0 Å². The first-order valence-electron chi connectivity index (χ1n) is 18.4. The molecule has 0 saturated carbocycles. The molecule has 256 valence electrons. The second-order valence-electron chi connectivity index (χ2n) is 13.9. The third kappa shape index (κ3) is 4.88. The Morgan fingerprint density at radius 1 is 0.364 bits per heavy atom. The van der Waals surface area contributed by atoms with Crippen molar-refractivity contribution in [2.45, 2.75) is 0 Å². The summed E-state index contributed by atoms with van der Waals surface area (Å²) in [5, 5.41) is 29.2. The van der Waals surface area contributed by atoms with Gasteiger partial charge < -0.3 is 9.13 Å². The maximum atomic E-state index is 9.85. The van der Waals surface area contributed by atoms with Crippen molar-refractivity contribution in [1.29, 1.82) is 10.5 Å². The molecule has 4 nitrogen and oxygen atoms in total. The van der Waals surface area contributed by atoms with E-state index in [4.69, 9.17) is 0 Å². The Kier molecular flexibility index (Phi) is 7.56. The minimum absolute atomic E-state index is 0.587. The third-order valence-corrected chi connectivity index (χ3v) is 15.9. The molecule has 0 aliphatic rings. The van der Waals surface area contributed by atoms with E-state index in [1.807, 2.05) is 36.4 Å². The zero-order valence-electron chi connectivity index (χ0n) is 29.8. The van der Waals surface area contributed by atoms with E-state index in [2.05, 4.69) is 179 Å². The van der Waals surface area contributed by atoms with E-state index in [1.54, 1.807) is 0 Å². The molecule has 0 atom stereocenters. The van der Waals surface area contributed by atoms with Gasteiger partial charge in [-0.1, -0.05) is 127 Å². The number of nitriles is 2. The average molecular weight is 717 g/mol. The molecule has 10 aromatic rings. The van der Waals surface area contributed by atoms with Gasteiger partial charge in [-0.15, -0.1) is 0 Å². The number of hydrogen-bond acceptors (Lipinski definition) is 2. The van der Waals surface area contributed by atoms with E-state index in [1.165, 1.54) is 42.6 Å². The molecule has 5 heteroatoms. The van der Waals surface area contributed by atoms with Gasteiger partial charge in [-0.25, -0.2) is 0 Å². The molecule has 8 aromatic carbocycles. The van der Waals surface area contributed by atoms with E-state index in [-0.39, 0.29) is 0 Å². The van der Waals surface area contributed by atoms with Crippen molar-refractivity contribution >= 4 is 72.4 Å². The van der Waals surface area contributed by atoms with Crippen molar-refractivity contribution in [3.05, 3.63) is 205 Å². The normalized spacial score (nSPS) is 11.6. The monoisotopic (exact) mass is 716 g/mol. The predicted molar refractivity (Wildman–Crippen MR) is 228 cm³/mol. The number of fused-ring (bicyclic) bond motifs is 6. The average Bonchev–Trinajstić information content (AvgIpc) is 3.78. The van der Waals surface area contributed by atoms with Gasteiger partial charge in [0.25, 0.3) is 0 Å². The molecule has 10 rings (SSSR count). The van der Waals surface area contributed by atoms with E-state index in [0.29, 0.717) is 11.1 Å². The van der Waals surface area contributed by atoms with Crippen LogP contribution in [-0.4, -0.2) is 17.2 Å². The van der Waals surface area contributed by atoms with Gasteiger partial charge >= 0.3 is 0 Å². The number of rotatable bonds is 6. The molecule has 0 spiro atoms. The molecular formula is C50H32N4Si. The second-order valence-corrected chi connectivity index (χ2v) is 17.7. The van der Waals surface area contributed by atoms with Crippen LogP contribution in [0.15, 0.2) is 194 Å². The molecule has 0 unspecified atom stereocenters. The van der Waals surface area contributed by atoms with E-state index in [0.717, 1.165) is 33.2 Å². The first-order chi connectivity index (χ1) is 27.2. The van der Waals surface area contributed by atoms with Gasteiger partial charge in [0.1, 0.15) is 0 Å². The van der Waals surface area contributed by atoms with E-state index in [9.17, 15) is 10.5 Å². The summed E-state index contributed by atoms with van der Waals surface area (Å²) in [4.78, 5) is 0. The van der Waals surface area contributed by atoms with Gasteiger partial charge in [-0.2, -0.15) is 10.5 Å². The molecule has 2 heterocycles. The third-order valence-electron chi connectivity index (χ3n) is 11.1. The summed E-state index contributed by atoms with van der Waals surface area (Å²) < 4.78 is 4.75. The Morgan fingerprint density at radius 3 is 1.47 bits per heavy atom. The number of para-hydroxylation sites is 3. The van der Waals surface area contributed by atoms with Crippen molar-refractivity contribution in [3.63, 3.8) is 0 Å². The highest BCUT2D eigenvalue weighted by Crippen LogP contribution is 2.35. The second kappa shape index (κ2) is 12.9. The molecule has 0 aliphatic heterocycles. The molecule has 0 amide bonds. The minimum Gasteiger partial charge on any atom is -0.309 e. The zero-order valence-corrected chi connectivity index (χ0v) is 30.8.